The summed E-state index contributed by atoms with van der Waals surface area (Å²) in [5.41, 5.74) is 1.56. The minimum Gasteiger partial charge on any atom is -0.508 e. The molecule has 4 heteroatoms. The van der Waals surface area contributed by atoms with Gasteiger partial charge in [-0.3, -0.25) is 0 Å². The van der Waals surface area contributed by atoms with Crippen molar-refractivity contribution in [2.45, 2.75) is 0 Å². The van der Waals surface area contributed by atoms with Crippen LogP contribution in [0.1, 0.15) is 0 Å². The minimum absolute atomic E-state index is 0.198. The summed E-state index contributed by atoms with van der Waals surface area (Å²) in [7, 11) is 0. The van der Waals surface area contributed by atoms with Gasteiger partial charge in [0.1, 0.15) is 17.0 Å². The van der Waals surface area contributed by atoms with Gasteiger partial charge < -0.3 is 14.7 Å². The van der Waals surface area contributed by atoms with E-state index in [1.807, 2.05) is 18.2 Å². The molecule has 0 unspecified atom stereocenters. The first kappa shape index (κ1) is 11.8. The van der Waals surface area contributed by atoms with Crippen molar-refractivity contribution in [1.82, 2.24) is 5.16 Å². The van der Waals surface area contributed by atoms with Crippen molar-refractivity contribution < 1.29 is 14.7 Å². The SMILES string of the molecule is Oc1ccc(-c2onc3c2ccc2ccc(O)cc23)cc1. The number of hydrogen-bond acceptors (Lipinski definition) is 4. The average molecular weight is 277 g/mol. The lowest BCUT2D eigenvalue weighted by Crippen LogP contribution is -1.77. The third-order valence-corrected chi connectivity index (χ3v) is 3.58. The van der Waals surface area contributed by atoms with E-state index in [-0.39, 0.29) is 11.5 Å². The number of aromatic nitrogens is 1. The van der Waals surface area contributed by atoms with Crippen LogP contribution >= 0.6 is 0 Å². The van der Waals surface area contributed by atoms with Crippen molar-refractivity contribution in [3.8, 4) is 22.8 Å². The molecule has 2 N–H and O–H groups in total. The Hall–Kier alpha value is -3.01. The molecule has 0 saturated heterocycles. The van der Waals surface area contributed by atoms with Gasteiger partial charge in [-0.1, -0.05) is 17.3 Å². The first-order valence-corrected chi connectivity index (χ1v) is 6.53. The summed E-state index contributed by atoms with van der Waals surface area (Å²) < 4.78 is 5.48. The van der Waals surface area contributed by atoms with Crippen LogP contribution < -0.4 is 0 Å². The molecule has 0 amide bonds. The zero-order valence-electron chi connectivity index (χ0n) is 10.9. The van der Waals surface area contributed by atoms with Gasteiger partial charge in [0.2, 0.25) is 0 Å². The number of benzene rings is 3. The van der Waals surface area contributed by atoms with E-state index in [2.05, 4.69) is 5.16 Å². The summed E-state index contributed by atoms with van der Waals surface area (Å²) >= 11 is 0. The van der Waals surface area contributed by atoms with Crippen molar-refractivity contribution >= 4 is 21.7 Å². The Bertz CT molecular complexity index is 955. The van der Waals surface area contributed by atoms with Gasteiger partial charge in [0.15, 0.2) is 5.76 Å². The predicted molar refractivity (Wildman–Crippen MR) is 80.3 cm³/mol. The molecule has 0 aliphatic heterocycles. The first-order chi connectivity index (χ1) is 10.2. The number of phenols is 2. The quantitative estimate of drug-likeness (QED) is 0.550. The van der Waals surface area contributed by atoms with E-state index in [0.29, 0.717) is 11.3 Å². The zero-order valence-corrected chi connectivity index (χ0v) is 10.9. The van der Waals surface area contributed by atoms with Gasteiger partial charge in [0, 0.05) is 10.9 Å². The van der Waals surface area contributed by atoms with Crippen molar-refractivity contribution in [3.63, 3.8) is 0 Å². The Labute approximate surface area is 119 Å². The van der Waals surface area contributed by atoms with E-state index in [1.54, 1.807) is 36.4 Å². The maximum atomic E-state index is 9.66. The molecule has 21 heavy (non-hydrogen) atoms. The van der Waals surface area contributed by atoms with Crippen molar-refractivity contribution in [2.75, 3.05) is 0 Å². The molecule has 102 valence electrons. The first-order valence-electron chi connectivity index (χ1n) is 6.53. The topological polar surface area (TPSA) is 66.5 Å². The zero-order chi connectivity index (χ0) is 14.4. The van der Waals surface area contributed by atoms with Crippen LogP contribution in [0.4, 0.5) is 0 Å². The van der Waals surface area contributed by atoms with Crippen LogP contribution in [0.25, 0.3) is 33.0 Å². The van der Waals surface area contributed by atoms with E-state index in [0.717, 1.165) is 21.7 Å². The Kier molecular flexibility index (Phi) is 2.38. The summed E-state index contributed by atoms with van der Waals surface area (Å²) in [6.45, 7) is 0. The van der Waals surface area contributed by atoms with Crippen LogP contribution in [-0.4, -0.2) is 15.4 Å². The molecule has 1 aromatic heterocycles. The highest BCUT2D eigenvalue weighted by Gasteiger charge is 2.13. The highest BCUT2D eigenvalue weighted by Crippen LogP contribution is 2.34. The van der Waals surface area contributed by atoms with Crippen LogP contribution in [-0.2, 0) is 0 Å². The van der Waals surface area contributed by atoms with Gasteiger partial charge in [-0.15, -0.1) is 0 Å². The van der Waals surface area contributed by atoms with Gasteiger partial charge in [0.05, 0.1) is 5.39 Å². The molecule has 0 aliphatic rings. The molecule has 0 saturated carbocycles. The molecule has 3 aromatic carbocycles. The standard InChI is InChI=1S/C17H11NO3/c19-12-5-2-11(3-6-12)17-14-8-4-10-1-7-13(20)9-15(10)16(14)18-21-17/h1-9,19-20H. The summed E-state index contributed by atoms with van der Waals surface area (Å²) in [4.78, 5) is 0. The van der Waals surface area contributed by atoms with Crippen LogP contribution in [0, 0.1) is 0 Å². The molecule has 4 nitrogen and oxygen atoms in total. The van der Waals surface area contributed by atoms with Crippen molar-refractivity contribution in [1.29, 1.82) is 0 Å². The summed E-state index contributed by atoms with van der Waals surface area (Å²) in [6.07, 6.45) is 0. The lowest BCUT2D eigenvalue weighted by Gasteiger charge is -2.00. The van der Waals surface area contributed by atoms with Gasteiger partial charge in [-0.25, -0.2) is 0 Å². The second-order valence-electron chi connectivity index (χ2n) is 4.93. The molecule has 0 fully saturated rings. The molecule has 4 rings (SSSR count). The summed E-state index contributed by atoms with van der Waals surface area (Å²) in [5, 5.41) is 25.9. The molecule has 0 atom stereocenters. The molecular weight excluding hydrogens is 266 g/mol. The van der Waals surface area contributed by atoms with E-state index in [1.165, 1.54) is 0 Å². The number of hydrogen-bond donors (Lipinski definition) is 2. The maximum Gasteiger partial charge on any atom is 0.174 e. The molecule has 1 heterocycles. The molecular formula is C17H11NO3. The number of aromatic hydroxyl groups is 2. The Morgan fingerprint density at radius 1 is 0.762 bits per heavy atom. The smallest absolute Gasteiger partial charge is 0.174 e. The lowest BCUT2D eigenvalue weighted by atomic mass is 10.0. The number of fused-ring (bicyclic) bond motifs is 3. The second-order valence-corrected chi connectivity index (χ2v) is 4.93. The molecule has 0 bridgehead atoms. The normalized spacial score (nSPS) is 11.2. The fourth-order valence-corrected chi connectivity index (χ4v) is 2.53. The number of rotatable bonds is 1. The van der Waals surface area contributed by atoms with Gasteiger partial charge in [-0.2, -0.15) is 0 Å². The molecule has 0 aliphatic carbocycles. The number of phenolic OH excluding ortho intramolecular Hbond substituents is 2. The molecule has 0 spiro atoms. The highest BCUT2D eigenvalue weighted by atomic mass is 16.5. The molecule has 4 aromatic rings. The van der Waals surface area contributed by atoms with Crippen molar-refractivity contribution in [2.24, 2.45) is 0 Å². The lowest BCUT2D eigenvalue weighted by molar-refractivity contribution is 0.441. The monoisotopic (exact) mass is 277 g/mol. The third-order valence-electron chi connectivity index (χ3n) is 3.58. The summed E-state index contributed by atoms with van der Waals surface area (Å²) in [6, 6.07) is 15.9. The average Bonchev–Trinajstić information content (AvgIpc) is 2.92. The van der Waals surface area contributed by atoms with Crippen LogP contribution in [0.15, 0.2) is 59.1 Å². The van der Waals surface area contributed by atoms with Gasteiger partial charge >= 0.3 is 0 Å². The van der Waals surface area contributed by atoms with Crippen molar-refractivity contribution in [3.05, 3.63) is 54.6 Å². The highest BCUT2D eigenvalue weighted by molar-refractivity contribution is 6.09. The Morgan fingerprint density at radius 2 is 1.48 bits per heavy atom. The summed E-state index contributed by atoms with van der Waals surface area (Å²) in [5.74, 6) is 1.05. The Balaban J connectivity index is 2.02. The van der Waals surface area contributed by atoms with Crippen LogP contribution in [0.3, 0.4) is 0 Å². The third kappa shape index (κ3) is 1.80. The fourth-order valence-electron chi connectivity index (χ4n) is 2.53. The Morgan fingerprint density at radius 3 is 2.29 bits per heavy atom. The van der Waals surface area contributed by atoms with Crippen LogP contribution in [0.2, 0.25) is 0 Å². The predicted octanol–water partition coefficient (Wildman–Crippen LogP) is 4.06. The van der Waals surface area contributed by atoms with Crippen LogP contribution in [0.5, 0.6) is 11.5 Å². The van der Waals surface area contributed by atoms with Gasteiger partial charge in [-0.05, 0) is 47.9 Å². The number of nitrogens with zero attached hydrogens (tertiary/aromatic N) is 1. The fraction of sp³-hybridized carbons (Fsp3) is 0. The maximum absolute atomic E-state index is 9.66. The van der Waals surface area contributed by atoms with E-state index in [9.17, 15) is 10.2 Å². The van der Waals surface area contributed by atoms with E-state index < -0.39 is 0 Å². The van der Waals surface area contributed by atoms with E-state index >= 15 is 0 Å². The van der Waals surface area contributed by atoms with E-state index in [4.69, 9.17) is 4.52 Å². The van der Waals surface area contributed by atoms with Gasteiger partial charge in [0.25, 0.3) is 0 Å². The largest absolute Gasteiger partial charge is 0.508 e. The second kappa shape index (κ2) is 4.24. The minimum atomic E-state index is 0.198. The molecule has 0 radical (unpaired) electrons.